The molecule has 0 saturated carbocycles. The second-order valence-electron chi connectivity index (χ2n) is 15.9. The zero-order valence-corrected chi connectivity index (χ0v) is 38.5. The Morgan fingerprint density at radius 2 is 1.17 bits per heavy atom. The number of hydrogen-bond donors (Lipinski definition) is 2. The summed E-state index contributed by atoms with van der Waals surface area (Å²) in [6, 6.07) is 0. The average molecular weight is 849 g/mol. The molecule has 0 heterocycles. The Morgan fingerprint density at radius 1 is 0.627 bits per heavy atom. The van der Waals surface area contributed by atoms with Crippen molar-refractivity contribution in [2.45, 2.75) is 161 Å². The van der Waals surface area contributed by atoms with Gasteiger partial charge < -0.3 is 24.0 Å². The van der Waals surface area contributed by atoms with E-state index in [1.807, 2.05) is 33.3 Å². The van der Waals surface area contributed by atoms with Gasteiger partial charge in [-0.3, -0.25) is 18.6 Å². The normalized spacial score (nSPS) is 14.9. The van der Waals surface area contributed by atoms with Crippen molar-refractivity contribution in [2.24, 2.45) is 0 Å². The number of rotatable bonds is 39. The molecule has 0 aliphatic heterocycles. The number of phosphoric acid groups is 1. The maximum absolute atomic E-state index is 12.7. The largest absolute Gasteiger partial charge is 0.472 e. The Bertz CT molecular complexity index is 1300. The zero-order valence-electron chi connectivity index (χ0n) is 37.6. The molecule has 59 heavy (non-hydrogen) atoms. The number of nitrogens with zero attached hydrogens (tertiary/aromatic N) is 1. The molecule has 0 amide bonds. The van der Waals surface area contributed by atoms with Crippen molar-refractivity contribution in [3.05, 3.63) is 85.1 Å². The number of allylic oxidation sites excluding steroid dienone is 13. The van der Waals surface area contributed by atoms with Crippen LogP contribution in [-0.4, -0.2) is 86.1 Å². The second-order valence-corrected chi connectivity index (χ2v) is 17.3. The Morgan fingerprint density at radius 3 is 1.75 bits per heavy atom. The summed E-state index contributed by atoms with van der Waals surface area (Å²) in [5.74, 6) is -1.09. The van der Waals surface area contributed by atoms with Crippen molar-refractivity contribution in [1.29, 1.82) is 0 Å². The minimum Gasteiger partial charge on any atom is -0.462 e. The molecule has 0 aromatic carbocycles. The van der Waals surface area contributed by atoms with Crippen LogP contribution in [0.15, 0.2) is 85.1 Å². The number of aliphatic hydroxyl groups excluding tert-OH is 1. The third-order valence-electron chi connectivity index (χ3n) is 9.03. The number of likely N-dealkylation sites (N-methyl/N-ethyl adjacent to an activating group) is 1. The number of quaternary nitrogens is 1. The molecule has 0 spiro atoms. The first-order valence-corrected chi connectivity index (χ1v) is 23.9. The first-order valence-electron chi connectivity index (χ1n) is 22.4. The molecular formula is C48H83NO9P+. The van der Waals surface area contributed by atoms with Crippen LogP contribution in [0.1, 0.15) is 149 Å². The first-order chi connectivity index (χ1) is 28.4. The highest BCUT2D eigenvalue weighted by molar-refractivity contribution is 7.47. The monoisotopic (exact) mass is 849 g/mol. The van der Waals surface area contributed by atoms with Crippen LogP contribution < -0.4 is 0 Å². The predicted octanol–water partition coefficient (Wildman–Crippen LogP) is 11.8. The van der Waals surface area contributed by atoms with Crippen LogP contribution in [0.3, 0.4) is 0 Å². The quantitative estimate of drug-likeness (QED) is 0.0155. The molecule has 0 saturated heterocycles. The molecule has 11 heteroatoms. The van der Waals surface area contributed by atoms with E-state index in [1.54, 1.807) is 12.2 Å². The van der Waals surface area contributed by atoms with Gasteiger partial charge in [-0.05, 0) is 70.6 Å². The number of carbonyl (C=O) groups is 2. The number of ether oxygens (including phenoxy) is 2. The molecule has 10 nitrogen and oxygen atoms in total. The molecule has 338 valence electrons. The summed E-state index contributed by atoms with van der Waals surface area (Å²) < 4.78 is 34.1. The standard InChI is InChI=1S/C48H82NO9P/c1-6-8-10-12-14-16-18-20-22-24-25-27-29-31-33-35-37-45(50)39-40-47(51)55-43-46(44-57-59(53,54)56-42-41-49(3,4)5)58-48(52)38-36-34-32-30-28-26-23-21-19-17-15-13-11-9-7-2/h8,10,14,16-17,19-20,22,25,27,31,33,35,37,45-46,50H,6-7,9,11-13,15,18,21,23-24,26,28-30,32,34,36,38-44H2,1-5H3/p+1/b10-8-,16-14-,19-17-,22-20-,27-25-,33-31-,37-35-/t45?,46-/m1/s1. The van der Waals surface area contributed by atoms with Crippen LogP contribution in [0, 0.1) is 0 Å². The smallest absolute Gasteiger partial charge is 0.462 e. The Hall–Kier alpha value is -2.85. The predicted molar refractivity (Wildman–Crippen MR) is 244 cm³/mol. The number of hydrogen-bond acceptors (Lipinski definition) is 8. The molecular weight excluding hydrogens is 765 g/mol. The van der Waals surface area contributed by atoms with Crippen molar-refractivity contribution in [2.75, 3.05) is 47.5 Å². The molecule has 0 aromatic heterocycles. The van der Waals surface area contributed by atoms with Gasteiger partial charge in [0.05, 0.1) is 33.9 Å². The highest BCUT2D eigenvalue weighted by Gasteiger charge is 2.27. The van der Waals surface area contributed by atoms with Gasteiger partial charge in [0, 0.05) is 12.8 Å². The van der Waals surface area contributed by atoms with Crippen LogP contribution in [0.5, 0.6) is 0 Å². The number of esters is 2. The Labute approximate surface area is 359 Å². The van der Waals surface area contributed by atoms with Gasteiger partial charge in [-0.25, -0.2) is 4.57 Å². The molecule has 0 radical (unpaired) electrons. The third kappa shape index (κ3) is 43.1. The van der Waals surface area contributed by atoms with Crippen LogP contribution >= 0.6 is 7.82 Å². The number of phosphoric ester groups is 1. The van der Waals surface area contributed by atoms with Crippen molar-refractivity contribution in [1.82, 2.24) is 0 Å². The summed E-state index contributed by atoms with van der Waals surface area (Å²) >= 11 is 0. The van der Waals surface area contributed by atoms with Gasteiger partial charge >= 0.3 is 19.8 Å². The molecule has 0 aliphatic rings. The van der Waals surface area contributed by atoms with Crippen LogP contribution in [0.4, 0.5) is 0 Å². The van der Waals surface area contributed by atoms with E-state index in [-0.39, 0.29) is 32.5 Å². The van der Waals surface area contributed by atoms with Gasteiger partial charge in [0.2, 0.25) is 0 Å². The van der Waals surface area contributed by atoms with E-state index in [2.05, 4.69) is 74.6 Å². The fourth-order valence-electron chi connectivity index (χ4n) is 5.47. The molecule has 2 N–H and O–H groups in total. The van der Waals surface area contributed by atoms with Gasteiger partial charge in [-0.2, -0.15) is 0 Å². The first kappa shape index (κ1) is 56.1. The molecule has 0 aromatic rings. The van der Waals surface area contributed by atoms with E-state index in [9.17, 15) is 24.2 Å². The SMILES string of the molecule is CC/C=C\C/C=C\C/C=C\C/C=C\C/C=C\C=C/C(O)CCC(=O)OC[C@H](COP(=O)(O)OCC[N+](C)(C)C)OC(=O)CCCCCCCCC/C=C\CCCCCC. The summed E-state index contributed by atoms with van der Waals surface area (Å²) in [7, 11) is 1.34. The summed E-state index contributed by atoms with van der Waals surface area (Å²) in [5, 5.41) is 10.3. The minimum atomic E-state index is -4.44. The third-order valence-corrected chi connectivity index (χ3v) is 10.0. The fourth-order valence-corrected chi connectivity index (χ4v) is 6.21. The molecule has 3 atom stereocenters. The van der Waals surface area contributed by atoms with Gasteiger partial charge in [-0.1, -0.05) is 150 Å². The van der Waals surface area contributed by atoms with Crippen molar-refractivity contribution in [3.63, 3.8) is 0 Å². The van der Waals surface area contributed by atoms with Gasteiger partial charge in [0.1, 0.15) is 19.8 Å². The maximum Gasteiger partial charge on any atom is 0.472 e. The van der Waals surface area contributed by atoms with Gasteiger partial charge in [-0.15, -0.1) is 0 Å². The van der Waals surface area contributed by atoms with Crippen molar-refractivity contribution < 1.29 is 47.2 Å². The molecule has 0 fully saturated rings. The lowest BCUT2D eigenvalue weighted by Gasteiger charge is -2.24. The number of unbranched alkanes of at least 4 members (excludes halogenated alkanes) is 11. The van der Waals surface area contributed by atoms with Crippen LogP contribution in [-0.2, 0) is 32.7 Å². The van der Waals surface area contributed by atoms with Crippen molar-refractivity contribution in [3.8, 4) is 0 Å². The van der Waals surface area contributed by atoms with Crippen LogP contribution in [0.2, 0.25) is 0 Å². The fraction of sp³-hybridized carbons (Fsp3) is 0.667. The van der Waals surface area contributed by atoms with Gasteiger partial charge in [0.25, 0.3) is 0 Å². The van der Waals surface area contributed by atoms with Crippen LogP contribution in [0.25, 0.3) is 0 Å². The second kappa shape index (κ2) is 39.3. The highest BCUT2D eigenvalue weighted by Crippen LogP contribution is 2.43. The Kier molecular flexibility index (Phi) is 37.4. The summed E-state index contributed by atoms with van der Waals surface area (Å²) in [6.45, 7) is 3.99. The van der Waals surface area contributed by atoms with E-state index in [0.29, 0.717) is 17.4 Å². The maximum atomic E-state index is 12.7. The minimum absolute atomic E-state index is 0.00911. The summed E-state index contributed by atoms with van der Waals surface area (Å²) in [6.07, 6.45) is 46.8. The molecule has 0 bridgehead atoms. The van der Waals surface area contributed by atoms with Crippen molar-refractivity contribution >= 4 is 19.8 Å². The summed E-state index contributed by atoms with van der Waals surface area (Å²) in [5.41, 5.74) is 0. The van der Waals surface area contributed by atoms with E-state index >= 15 is 0 Å². The highest BCUT2D eigenvalue weighted by atomic mass is 31.2. The molecule has 0 rings (SSSR count). The lowest BCUT2D eigenvalue weighted by Crippen LogP contribution is -2.37. The van der Waals surface area contributed by atoms with E-state index in [1.165, 1.54) is 51.4 Å². The molecule has 0 aliphatic carbocycles. The van der Waals surface area contributed by atoms with E-state index in [0.717, 1.165) is 57.8 Å². The summed E-state index contributed by atoms with van der Waals surface area (Å²) in [4.78, 5) is 35.4. The lowest BCUT2D eigenvalue weighted by atomic mass is 10.1. The lowest BCUT2D eigenvalue weighted by molar-refractivity contribution is -0.870. The van der Waals surface area contributed by atoms with Gasteiger partial charge in [0.15, 0.2) is 6.10 Å². The average Bonchev–Trinajstić information content (AvgIpc) is 3.18. The number of aliphatic hydroxyl groups is 1. The topological polar surface area (TPSA) is 129 Å². The Balaban J connectivity index is 4.60. The zero-order chi connectivity index (χ0) is 43.7. The van der Waals surface area contributed by atoms with E-state index < -0.39 is 38.6 Å². The number of carbonyl (C=O) groups excluding carboxylic acids is 2. The molecule has 2 unspecified atom stereocenters. The van der Waals surface area contributed by atoms with E-state index in [4.69, 9.17) is 18.5 Å².